The largest absolute Gasteiger partial charge is 0.415 e. The second-order valence-electron chi connectivity index (χ2n) is 5.80. The summed E-state index contributed by atoms with van der Waals surface area (Å²) < 4.78 is 64.8. The van der Waals surface area contributed by atoms with Crippen molar-refractivity contribution in [2.45, 2.75) is 55.3 Å². The number of piperidine rings is 1. The number of carbonyl (C=O) groups is 1. The Labute approximate surface area is 147 Å². The maximum atomic E-state index is 12.9. The van der Waals surface area contributed by atoms with Crippen LogP contribution in [0.15, 0.2) is 16.3 Å². The summed E-state index contributed by atoms with van der Waals surface area (Å²) in [6.07, 6.45) is -6.81. The van der Waals surface area contributed by atoms with Gasteiger partial charge in [0, 0.05) is 18.3 Å². The van der Waals surface area contributed by atoms with E-state index in [0.29, 0.717) is 17.7 Å². The third-order valence-electron chi connectivity index (χ3n) is 3.91. The Kier molecular flexibility index (Phi) is 6.13. The predicted molar refractivity (Wildman–Crippen MR) is 85.4 cm³/mol. The van der Waals surface area contributed by atoms with Crippen LogP contribution in [0, 0.1) is 0 Å². The molecule has 1 aromatic heterocycles. The van der Waals surface area contributed by atoms with Crippen LogP contribution < -0.4 is 5.32 Å². The fourth-order valence-electron chi connectivity index (χ4n) is 2.68. The number of hydrogen-bond acceptors (Lipinski definition) is 5. The third kappa shape index (κ3) is 4.72. The lowest BCUT2D eigenvalue weighted by Gasteiger charge is -2.37. The van der Waals surface area contributed by atoms with Crippen LogP contribution in [0.1, 0.15) is 31.1 Å². The van der Waals surface area contributed by atoms with Crippen molar-refractivity contribution < 1.29 is 31.5 Å². The van der Waals surface area contributed by atoms with Crippen LogP contribution in [0.5, 0.6) is 0 Å². The standard InChI is InChI=1S/C14H19F3N2O4S2/c1-9(20)18-8-10-5-6-12(24-10)25(22,23)19-7-3-2-4-11(19)13(21)14(15,16)17/h5-6,11,13,21H,2-4,7-8H2,1H3,(H,18,20). The van der Waals surface area contributed by atoms with Gasteiger partial charge in [0.25, 0.3) is 10.0 Å². The molecule has 1 aromatic rings. The van der Waals surface area contributed by atoms with Crippen LogP contribution in [-0.2, 0) is 21.4 Å². The summed E-state index contributed by atoms with van der Waals surface area (Å²) >= 11 is 0.889. The Hall–Kier alpha value is -1.17. The lowest BCUT2D eigenvalue weighted by atomic mass is 9.99. The van der Waals surface area contributed by atoms with Crippen molar-refractivity contribution in [3.05, 3.63) is 17.0 Å². The van der Waals surface area contributed by atoms with Gasteiger partial charge in [0.15, 0.2) is 6.10 Å². The molecule has 1 fully saturated rings. The van der Waals surface area contributed by atoms with Crippen LogP contribution in [0.4, 0.5) is 13.2 Å². The van der Waals surface area contributed by atoms with E-state index in [2.05, 4.69) is 5.32 Å². The fraction of sp³-hybridized carbons (Fsp3) is 0.643. The van der Waals surface area contributed by atoms with Crippen LogP contribution in [0.3, 0.4) is 0 Å². The highest BCUT2D eigenvalue weighted by Gasteiger charge is 2.49. The number of nitrogens with one attached hydrogen (secondary N) is 1. The summed E-state index contributed by atoms with van der Waals surface area (Å²) in [5, 5.41) is 12.1. The monoisotopic (exact) mass is 400 g/mol. The van der Waals surface area contributed by atoms with E-state index in [9.17, 15) is 31.5 Å². The van der Waals surface area contributed by atoms with Crippen molar-refractivity contribution in [3.8, 4) is 0 Å². The number of aliphatic hydroxyl groups excluding tert-OH is 1. The highest BCUT2D eigenvalue weighted by molar-refractivity contribution is 7.91. The molecule has 25 heavy (non-hydrogen) atoms. The van der Waals surface area contributed by atoms with E-state index in [0.717, 1.165) is 15.6 Å². The lowest BCUT2D eigenvalue weighted by molar-refractivity contribution is -0.219. The molecule has 0 aliphatic carbocycles. The smallest absolute Gasteiger partial charge is 0.382 e. The van der Waals surface area contributed by atoms with E-state index in [-0.39, 0.29) is 29.6 Å². The number of aliphatic hydroxyl groups is 1. The number of rotatable bonds is 5. The van der Waals surface area contributed by atoms with E-state index in [1.807, 2.05) is 0 Å². The zero-order valence-corrected chi connectivity index (χ0v) is 15.0. The van der Waals surface area contributed by atoms with E-state index in [4.69, 9.17) is 0 Å². The lowest BCUT2D eigenvalue weighted by Crippen LogP contribution is -2.54. The first kappa shape index (κ1) is 20.1. The van der Waals surface area contributed by atoms with Gasteiger partial charge in [0.2, 0.25) is 5.91 Å². The zero-order valence-electron chi connectivity index (χ0n) is 13.4. The van der Waals surface area contributed by atoms with Crippen LogP contribution >= 0.6 is 11.3 Å². The van der Waals surface area contributed by atoms with Crippen molar-refractivity contribution in [1.82, 2.24) is 9.62 Å². The van der Waals surface area contributed by atoms with E-state index in [1.165, 1.54) is 19.1 Å². The van der Waals surface area contributed by atoms with Gasteiger partial charge in [-0.3, -0.25) is 4.79 Å². The first-order valence-corrected chi connectivity index (χ1v) is 9.89. The molecule has 0 radical (unpaired) electrons. The predicted octanol–water partition coefficient (Wildman–Crippen LogP) is 1.85. The van der Waals surface area contributed by atoms with Gasteiger partial charge in [-0.15, -0.1) is 11.3 Å². The number of carbonyl (C=O) groups excluding carboxylic acids is 1. The molecule has 2 atom stereocenters. The molecule has 0 aromatic carbocycles. The van der Waals surface area contributed by atoms with Gasteiger partial charge in [-0.1, -0.05) is 6.42 Å². The van der Waals surface area contributed by atoms with Gasteiger partial charge >= 0.3 is 6.18 Å². The van der Waals surface area contributed by atoms with E-state index in [1.54, 1.807) is 0 Å². The number of alkyl halides is 3. The second kappa shape index (κ2) is 7.60. The maximum Gasteiger partial charge on any atom is 0.415 e. The molecule has 6 nitrogen and oxygen atoms in total. The molecule has 1 aliphatic heterocycles. The molecule has 1 amide bonds. The Morgan fingerprint density at radius 1 is 1.44 bits per heavy atom. The van der Waals surface area contributed by atoms with E-state index >= 15 is 0 Å². The Morgan fingerprint density at radius 3 is 2.72 bits per heavy atom. The Balaban J connectivity index is 2.25. The molecule has 2 rings (SSSR count). The van der Waals surface area contributed by atoms with Crippen molar-refractivity contribution in [1.29, 1.82) is 0 Å². The summed E-state index contributed by atoms with van der Waals surface area (Å²) in [5.74, 6) is -0.276. The first-order chi connectivity index (χ1) is 11.5. The SMILES string of the molecule is CC(=O)NCc1ccc(S(=O)(=O)N2CCCCC2C(O)C(F)(F)F)s1. The minimum absolute atomic E-state index is 0.0516. The summed E-state index contributed by atoms with van der Waals surface area (Å²) in [6.45, 7) is 1.39. The first-order valence-electron chi connectivity index (χ1n) is 7.63. The average molecular weight is 400 g/mol. The molecule has 0 spiro atoms. The molecule has 11 heteroatoms. The average Bonchev–Trinajstić information content (AvgIpc) is 3.01. The Bertz CT molecular complexity index is 718. The van der Waals surface area contributed by atoms with Gasteiger partial charge in [0.1, 0.15) is 4.21 Å². The number of amides is 1. The van der Waals surface area contributed by atoms with Gasteiger partial charge in [-0.05, 0) is 25.0 Å². The van der Waals surface area contributed by atoms with Gasteiger partial charge in [-0.2, -0.15) is 17.5 Å². The number of halogens is 3. The molecule has 1 aliphatic rings. The van der Waals surface area contributed by atoms with Gasteiger partial charge < -0.3 is 10.4 Å². The summed E-state index contributed by atoms with van der Waals surface area (Å²) in [6, 6.07) is 1.29. The molecular formula is C14H19F3N2O4S2. The van der Waals surface area contributed by atoms with Crippen molar-refractivity contribution in [2.24, 2.45) is 0 Å². The number of thiophene rings is 1. The quantitative estimate of drug-likeness (QED) is 0.790. The van der Waals surface area contributed by atoms with Crippen molar-refractivity contribution >= 4 is 27.3 Å². The summed E-state index contributed by atoms with van der Waals surface area (Å²) in [4.78, 5) is 11.5. The minimum atomic E-state index is -4.89. The molecule has 0 bridgehead atoms. The van der Waals surface area contributed by atoms with Crippen LogP contribution in [0.2, 0.25) is 0 Å². The zero-order chi connectivity index (χ0) is 18.8. The van der Waals surface area contributed by atoms with Gasteiger partial charge in [-0.25, -0.2) is 8.42 Å². The molecule has 2 unspecified atom stereocenters. The van der Waals surface area contributed by atoms with Crippen molar-refractivity contribution in [3.63, 3.8) is 0 Å². The normalized spacial score (nSPS) is 21.1. The molecule has 142 valence electrons. The molecule has 1 saturated heterocycles. The number of sulfonamides is 1. The molecule has 0 saturated carbocycles. The number of hydrogen-bond donors (Lipinski definition) is 2. The Morgan fingerprint density at radius 2 is 2.12 bits per heavy atom. The maximum absolute atomic E-state index is 12.9. The minimum Gasteiger partial charge on any atom is -0.382 e. The molecule has 2 heterocycles. The van der Waals surface area contributed by atoms with Gasteiger partial charge in [0.05, 0.1) is 12.6 Å². The molecular weight excluding hydrogens is 381 g/mol. The van der Waals surface area contributed by atoms with Crippen LogP contribution in [0.25, 0.3) is 0 Å². The third-order valence-corrected chi connectivity index (χ3v) is 7.39. The summed E-state index contributed by atoms with van der Waals surface area (Å²) in [7, 11) is -4.16. The fourth-order valence-corrected chi connectivity index (χ4v) is 5.80. The highest BCUT2D eigenvalue weighted by Crippen LogP contribution is 2.35. The molecule has 2 N–H and O–H groups in total. The van der Waals surface area contributed by atoms with Crippen LogP contribution in [-0.4, -0.2) is 48.6 Å². The number of nitrogens with zero attached hydrogens (tertiary/aromatic N) is 1. The topological polar surface area (TPSA) is 86.7 Å². The van der Waals surface area contributed by atoms with Crippen molar-refractivity contribution in [2.75, 3.05) is 6.54 Å². The highest BCUT2D eigenvalue weighted by atomic mass is 32.2. The van der Waals surface area contributed by atoms with E-state index < -0.39 is 28.3 Å². The summed E-state index contributed by atoms with van der Waals surface area (Å²) in [5.41, 5.74) is 0. The second-order valence-corrected chi connectivity index (χ2v) is 9.08.